The van der Waals surface area contributed by atoms with Crippen molar-refractivity contribution in [3.8, 4) is 0 Å². The Bertz CT molecular complexity index is 143. The number of rotatable bonds is 3. The molecule has 2 radical (unpaired) electrons. The minimum Gasteiger partial charge on any atom is -0.542 e. The molecule has 0 aliphatic carbocycles. The third-order valence-electron chi connectivity index (χ3n) is 0.306. The fourth-order valence-corrected chi connectivity index (χ4v) is 0. The summed E-state index contributed by atoms with van der Waals surface area (Å²) in [7, 11) is 8.27. The molecule has 3 amide bonds. The van der Waals surface area contributed by atoms with E-state index in [-0.39, 0.29) is 65.4 Å². The van der Waals surface area contributed by atoms with Crippen molar-refractivity contribution >= 4 is 25.5 Å². The van der Waals surface area contributed by atoms with Gasteiger partial charge in [-0.15, -0.1) is 0 Å². The third kappa shape index (κ3) is 1590. The van der Waals surface area contributed by atoms with E-state index in [0.29, 0.717) is 0 Å². The minimum absolute atomic E-state index is 0. The number of hydrogen-bond acceptors (Lipinski definition) is 5. The van der Waals surface area contributed by atoms with Crippen LogP contribution >= 0.6 is 0 Å². The summed E-state index contributed by atoms with van der Waals surface area (Å²) in [6, 6.07) is 0. The number of nitrogens with one attached hydrogen (secondary N) is 4. The summed E-state index contributed by atoms with van der Waals surface area (Å²) in [5, 5.41) is 9.12. The molecule has 0 fully saturated rings. The van der Waals surface area contributed by atoms with Gasteiger partial charge in [-0.05, 0) is 35.2 Å². The predicted molar refractivity (Wildman–Crippen MR) is 116 cm³/mol. The van der Waals surface area contributed by atoms with E-state index in [1.807, 2.05) is 69.5 Å². The fraction of sp³-hybridized carbons (Fsp3) is 0.778. The summed E-state index contributed by atoms with van der Waals surface area (Å²) in [4.78, 5) is 35.5. The van der Waals surface area contributed by atoms with Gasteiger partial charge in [-0.1, -0.05) is 55.4 Å². The summed E-state index contributed by atoms with van der Waals surface area (Å²) >= 11 is 0. The number of hydrogen-bond donors (Lipinski definition) is 4. The Balaban J connectivity index is -0.0000000130. The van der Waals surface area contributed by atoms with Gasteiger partial charge in [0.1, 0.15) is 0 Å². The first-order valence-corrected chi connectivity index (χ1v) is 8.57. The number of amides is 3. The summed E-state index contributed by atoms with van der Waals surface area (Å²) in [6.45, 7) is 17.3. The van der Waals surface area contributed by atoms with Crippen LogP contribution in [0.3, 0.4) is 0 Å². The molecule has 10 heteroatoms. The van der Waals surface area contributed by atoms with Crippen molar-refractivity contribution in [2.45, 2.75) is 62.3 Å². The van der Waals surface area contributed by atoms with E-state index in [2.05, 4.69) is 21.3 Å². The fourth-order valence-electron chi connectivity index (χ4n) is 0. The number of carbonyl (C=O) groups excluding carboxylic acids is 4. The van der Waals surface area contributed by atoms with Crippen LogP contribution in [0.2, 0.25) is 0 Å². The van der Waals surface area contributed by atoms with E-state index < -0.39 is 0 Å². The average Bonchev–Trinajstić information content (AvgIpc) is 2.75. The van der Waals surface area contributed by atoms with Gasteiger partial charge in [0, 0.05) is 65.4 Å². The smallest absolute Gasteiger partial charge is 0 e. The van der Waals surface area contributed by atoms with E-state index in [1.165, 1.54) is 53.6 Å². The van der Waals surface area contributed by atoms with Gasteiger partial charge in [0.2, 0.25) is 0 Å². The molecule has 0 rings (SSSR count). The van der Waals surface area contributed by atoms with Crippen LogP contribution in [-0.2, 0) is 84.6 Å². The molecular formula is C18H46N4O4Y2-4. The molecule has 0 atom stereocenters. The molecule has 0 spiro atoms. The maximum Gasteiger partial charge on any atom is 0 e. The van der Waals surface area contributed by atoms with Crippen LogP contribution in [0.1, 0.15) is 62.3 Å². The van der Waals surface area contributed by atoms with E-state index in [1.54, 1.807) is 0 Å². The molecule has 28 heavy (non-hydrogen) atoms. The van der Waals surface area contributed by atoms with Gasteiger partial charge < -0.3 is 40.4 Å². The topological polar surface area (TPSA) is 116 Å². The largest absolute Gasteiger partial charge is 0.542 e. The Kier molecular flexibility index (Phi) is 695. The second-order valence-electron chi connectivity index (χ2n) is 1.76. The first-order chi connectivity index (χ1) is 12.6. The first-order valence-electron chi connectivity index (χ1n) is 8.57. The molecule has 0 aromatic carbocycles. The zero-order chi connectivity index (χ0) is 23.7. The van der Waals surface area contributed by atoms with E-state index in [9.17, 15) is 0 Å². The minimum atomic E-state index is 0. The molecule has 0 saturated carbocycles. The Morgan fingerprint density at radius 1 is 0.464 bits per heavy atom. The van der Waals surface area contributed by atoms with E-state index in [0.717, 1.165) is 0 Å². The van der Waals surface area contributed by atoms with Crippen LogP contribution in [0.4, 0.5) is 0 Å². The zero-order valence-corrected chi connectivity index (χ0v) is 26.5. The predicted octanol–water partition coefficient (Wildman–Crippen LogP) is 1.87. The van der Waals surface area contributed by atoms with Gasteiger partial charge in [-0.25, -0.2) is 0 Å². The van der Waals surface area contributed by atoms with Crippen LogP contribution < -0.4 is 21.3 Å². The van der Waals surface area contributed by atoms with Crippen LogP contribution in [0.15, 0.2) is 0 Å². The molecule has 0 aromatic rings. The van der Waals surface area contributed by atoms with E-state index >= 15 is 0 Å². The molecule has 0 aliphatic heterocycles. The maximum absolute atomic E-state index is 8.94. The van der Waals surface area contributed by atoms with Gasteiger partial charge in [0.15, 0.2) is 0 Å². The Hall–Kier alpha value is 0.248. The van der Waals surface area contributed by atoms with Gasteiger partial charge >= 0.3 is 0 Å². The SMILES string of the molecule is CC.CC.CC.CC.CNC.CN[C-]=O.CN[C-]=O.CN[C-]=O.C[C-]=O.[Y].[Y]. The average molecular weight is 560 g/mol. The normalized spacial score (nSPS) is 4.21. The molecule has 4 N–H and O–H groups in total. The first kappa shape index (κ1) is 70.5. The molecule has 0 heterocycles. The van der Waals surface area contributed by atoms with Crippen molar-refractivity contribution in [2.24, 2.45) is 0 Å². The molecule has 8 nitrogen and oxygen atoms in total. The van der Waals surface area contributed by atoms with Crippen molar-refractivity contribution in [2.75, 3.05) is 35.2 Å². The van der Waals surface area contributed by atoms with Crippen LogP contribution in [0.5, 0.6) is 0 Å². The summed E-state index contributed by atoms with van der Waals surface area (Å²) < 4.78 is 0. The Morgan fingerprint density at radius 2 is 0.500 bits per heavy atom. The van der Waals surface area contributed by atoms with Crippen molar-refractivity contribution < 1.29 is 84.6 Å². The molecule has 172 valence electrons. The zero-order valence-electron chi connectivity index (χ0n) is 20.8. The van der Waals surface area contributed by atoms with Crippen LogP contribution in [0, 0.1) is 0 Å². The van der Waals surface area contributed by atoms with Crippen LogP contribution in [0.25, 0.3) is 0 Å². The van der Waals surface area contributed by atoms with Crippen molar-refractivity contribution in [1.82, 2.24) is 21.3 Å². The van der Waals surface area contributed by atoms with Crippen molar-refractivity contribution in [3.63, 3.8) is 0 Å². The van der Waals surface area contributed by atoms with E-state index in [4.69, 9.17) is 19.2 Å². The molecule has 0 unspecified atom stereocenters. The molecule has 0 saturated heterocycles. The Labute approximate surface area is 227 Å². The second-order valence-corrected chi connectivity index (χ2v) is 1.76. The van der Waals surface area contributed by atoms with Gasteiger partial charge in [-0.3, -0.25) is 6.29 Å². The summed E-state index contributed by atoms with van der Waals surface area (Å²) in [6.07, 6.45) is 5.79. The van der Waals surface area contributed by atoms with Crippen molar-refractivity contribution in [3.05, 3.63) is 0 Å². The maximum atomic E-state index is 8.94. The standard InChI is InChI=1S/3C2H4NO.C2H7N.C2H3O.4C2H6.2Y/c3*1-3-2-4;1-3-2;1-2-3;4*1-2;;/h3*1H3,(H,3,4);3H,1-2H3;1H3;4*1-2H3;;/q3*-1;;-1;;;;;;. The molecule has 0 aliphatic rings. The quantitative estimate of drug-likeness (QED) is 0.311. The molecule has 0 bridgehead atoms. The molecule has 0 aromatic heterocycles. The third-order valence-corrected chi connectivity index (χ3v) is 0.306. The van der Waals surface area contributed by atoms with Gasteiger partial charge in [0.25, 0.3) is 0 Å². The van der Waals surface area contributed by atoms with Gasteiger partial charge in [0.05, 0.1) is 0 Å². The Morgan fingerprint density at radius 3 is 0.500 bits per heavy atom. The second kappa shape index (κ2) is 276. The van der Waals surface area contributed by atoms with Crippen molar-refractivity contribution in [1.29, 1.82) is 0 Å². The summed E-state index contributed by atoms with van der Waals surface area (Å²) in [5.74, 6) is 0. The molecular weight excluding hydrogens is 514 g/mol. The monoisotopic (exact) mass is 560 g/mol. The van der Waals surface area contributed by atoms with Gasteiger partial charge in [-0.2, -0.15) is 26.2 Å². The van der Waals surface area contributed by atoms with Crippen LogP contribution in [-0.4, -0.2) is 60.8 Å². The summed E-state index contributed by atoms with van der Waals surface area (Å²) in [5.41, 5.74) is 0.